The van der Waals surface area contributed by atoms with Gasteiger partial charge in [0.25, 0.3) is 5.91 Å². The van der Waals surface area contributed by atoms with E-state index in [1.165, 1.54) is 0 Å². The molecule has 0 bridgehead atoms. The van der Waals surface area contributed by atoms with E-state index in [9.17, 15) is 9.59 Å². The van der Waals surface area contributed by atoms with Crippen LogP contribution in [0.3, 0.4) is 0 Å². The number of rotatable bonds is 3. The maximum Gasteiger partial charge on any atom is 0.253 e. The first-order valence-electron chi connectivity index (χ1n) is 8.74. The molecule has 1 aromatic heterocycles. The fraction of sp³-hybridized carbons (Fsp3) is 0.500. The zero-order chi connectivity index (χ0) is 17.6. The van der Waals surface area contributed by atoms with E-state index in [2.05, 4.69) is 15.2 Å². The third-order valence-corrected chi connectivity index (χ3v) is 5.30. The number of hydrogen-bond donors (Lipinski definition) is 1. The van der Waals surface area contributed by atoms with E-state index < -0.39 is 0 Å². The summed E-state index contributed by atoms with van der Waals surface area (Å²) < 4.78 is 1.87. The van der Waals surface area contributed by atoms with Crippen LogP contribution in [0.2, 0.25) is 0 Å². The van der Waals surface area contributed by atoms with Crippen LogP contribution >= 0.6 is 0 Å². The molecule has 4 rings (SSSR count). The van der Waals surface area contributed by atoms with E-state index in [1.54, 1.807) is 6.33 Å². The summed E-state index contributed by atoms with van der Waals surface area (Å²) in [5.41, 5.74) is 2.31. The minimum Gasteiger partial charge on any atom is -0.347 e. The van der Waals surface area contributed by atoms with Gasteiger partial charge in [-0.05, 0) is 25.0 Å². The van der Waals surface area contributed by atoms with Gasteiger partial charge in [0.1, 0.15) is 0 Å². The molecule has 0 spiro atoms. The first-order chi connectivity index (χ1) is 12.0. The van der Waals surface area contributed by atoms with Crippen molar-refractivity contribution in [2.75, 3.05) is 26.7 Å². The van der Waals surface area contributed by atoms with Gasteiger partial charge in [-0.3, -0.25) is 14.5 Å². The topological polar surface area (TPSA) is 70.5 Å². The molecule has 1 unspecified atom stereocenters. The Morgan fingerprint density at radius 2 is 2.08 bits per heavy atom. The molecule has 7 heteroatoms. The summed E-state index contributed by atoms with van der Waals surface area (Å²) in [6, 6.07) is 5.66. The number of likely N-dealkylation sites (N-methyl/N-ethyl adjacent to an activating group) is 1. The average molecular weight is 341 g/mol. The van der Waals surface area contributed by atoms with E-state index in [0.717, 1.165) is 43.5 Å². The van der Waals surface area contributed by atoms with Crippen molar-refractivity contribution in [3.05, 3.63) is 30.1 Å². The standard InChI is InChI=1S/C18H23N5O2/c1-21-8-4-7-15(18(21)25)23-9-12(10-23)20-17(24)13-5-3-6-14-16(13)22(2)11-19-14/h3,5-6,11-12,15H,4,7-10H2,1-2H3,(H,20,24). The molecule has 2 saturated heterocycles. The number of aryl methyl sites for hydroxylation is 1. The Morgan fingerprint density at radius 3 is 2.88 bits per heavy atom. The number of carbonyl (C=O) groups is 2. The summed E-state index contributed by atoms with van der Waals surface area (Å²) in [6.07, 6.45) is 3.68. The first-order valence-corrected chi connectivity index (χ1v) is 8.74. The quantitative estimate of drug-likeness (QED) is 0.888. The van der Waals surface area contributed by atoms with Crippen molar-refractivity contribution in [1.82, 2.24) is 24.7 Å². The molecule has 2 aliphatic heterocycles. The SMILES string of the molecule is CN1CCCC(N2CC(NC(=O)c3cccc4ncn(C)c34)C2)C1=O. The molecule has 1 atom stereocenters. The number of piperidine rings is 1. The molecule has 1 N–H and O–H groups in total. The van der Waals surface area contributed by atoms with Crippen LogP contribution in [0.4, 0.5) is 0 Å². The third kappa shape index (κ3) is 2.78. The predicted octanol–water partition coefficient (Wildman–Crippen LogP) is 0.608. The maximum atomic E-state index is 12.7. The van der Waals surface area contributed by atoms with Crippen molar-refractivity contribution < 1.29 is 9.59 Å². The molecule has 2 amide bonds. The molecule has 1 aromatic carbocycles. The number of aromatic nitrogens is 2. The average Bonchev–Trinajstić information content (AvgIpc) is 2.95. The lowest BCUT2D eigenvalue weighted by atomic mass is 9.97. The molecule has 132 valence electrons. The van der Waals surface area contributed by atoms with Gasteiger partial charge in [0.15, 0.2) is 0 Å². The highest BCUT2D eigenvalue weighted by molar-refractivity contribution is 6.05. The predicted molar refractivity (Wildman–Crippen MR) is 94.2 cm³/mol. The lowest BCUT2D eigenvalue weighted by Crippen LogP contribution is -2.65. The van der Waals surface area contributed by atoms with Crippen LogP contribution < -0.4 is 5.32 Å². The van der Waals surface area contributed by atoms with Gasteiger partial charge in [-0.15, -0.1) is 0 Å². The van der Waals surface area contributed by atoms with Crippen LogP contribution in [0.25, 0.3) is 11.0 Å². The van der Waals surface area contributed by atoms with Crippen LogP contribution in [0.5, 0.6) is 0 Å². The lowest BCUT2D eigenvalue weighted by molar-refractivity contribution is -0.141. The summed E-state index contributed by atoms with van der Waals surface area (Å²) in [7, 11) is 3.75. The second-order valence-electron chi connectivity index (χ2n) is 7.07. The monoisotopic (exact) mass is 341 g/mol. The van der Waals surface area contributed by atoms with E-state index in [1.807, 2.05) is 41.8 Å². The number of fused-ring (bicyclic) bond motifs is 1. The number of para-hydroxylation sites is 1. The zero-order valence-corrected chi connectivity index (χ0v) is 14.6. The van der Waals surface area contributed by atoms with Crippen molar-refractivity contribution in [3.63, 3.8) is 0 Å². The number of nitrogens with zero attached hydrogens (tertiary/aromatic N) is 4. The molecule has 0 saturated carbocycles. The van der Waals surface area contributed by atoms with Crippen molar-refractivity contribution in [3.8, 4) is 0 Å². The molecule has 2 aromatic rings. The van der Waals surface area contributed by atoms with Gasteiger partial charge >= 0.3 is 0 Å². The highest BCUT2D eigenvalue weighted by atomic mass is 16.2. The number of carbonyl (C=O) groups excluding carboxylic acids is 2. The summed E-state index contributed by atoms with van der Waals surface area (Å²) >= 11 is 0. The summed E-state index contributed by atoms with van der Waals surface area (Å²) in [5, 5.41) is 3.09. The fourth-order valence-electron chi connectivity index (χ4n) is 3.87. The van der Waals surface area contributed by atoms with Gasteiger partial charge in [-0.2, -0.15) is 0 Å². The normalized spacial score (nSPS) is 22.2. The Hall–Kier alpha value is -2.41. The Labute approximate surface area is 146 Å². The van der Waals surface area contributed by atoms with Crippen molar-refractivity contribution in [2.45, 2.75) is 24.9 Å². The lowest BCUT2D eigenvalue weighted by Gasteiger charge is -2.46. The second kappa shape index (κ2) is 6.15. The molecule has 25 heavy (non-hydrogen) atoms. The van der Waals surface area contributed by atoms with Gasteiger partial charge in [-0.1, -0.05) is 6.07 Å². The largest absolute Gasteiger partial charge is 0.347 e. The van der Waals surface area contributed by atoms with E-state index in [0.29, 0.717) is 5.56 Å². The number of imidazole rings is 1. The Balaban J connectivity index is 1.40. The van der Waals surface area contributed by atoms with Crippen LogP contribution in [-0.2, 0) is 11.8 Å². The molecule has 3 heterocycles. The van der Waals surface area contributed by atoms with Crippen LogP contribution in [-0.4, -0.2) is 69.9 Å². The summed E-state index contributed by atoms with van der Waals surface area (Å²) in [5.74, 6) is 0.126. The molecule has 0 radical (unpaired) electrons. The summed E-state index contributed by atoms with van der Waals surface area (Å²) in [6.45, 7) is 2.31. The van der Waals surface area contributed by atoms with Crippen LogP contribution in [0.15, 0.2) is 24.5 Å². The first kappa shape index (κ1) is 16.1. The van der Waals surface area contributed by atoms with Gasteiger partial charge in [-0.25, -0.2) is 4.98 Å². The third-order valence-electron chi connectivity index (χ3n) is 5.30. The van der Waals surface area contributed by atoms with Gasteiger partial charge < -0.3 is 14.8 Å². The minimum atomic E-state index is -0.0778. The van der Waals surface area contributed by atoms with Gasteiger partial charge in [0.2, 0.25) is 5.91 Å². The number of amides is 2. The maximum absolute atomic E-state index is 12.7. The molecule has 0 aliphatic carbocycles. The molecule has 2 aliphatic rings. The number of likely N-dealkylation sites (tertiary alicyclic amines) is 2. The number of nitrogens with one attached hydrogen (secondary N) is 1. The highest BCUT2D eigenvalue weighted by Crippen LogP contribution is 2.22. The number of benzene rings is 1. The highest BCUT2D eigenvalue weighted by Gasteiger charge is 2.39. The Kier molecular flexibility index (Phi) is 3.95. The van der Waals surface area contributed by atoms with Crippen molar-refractivity contribution >= 4 is 22.8 Å². The molecule has 2 fully saturated rings. The minimum absolute atomic E-state index is 0.0209. The molecular formula is C18H23N5O2. The van der Waals surface area contributed by atoms with Crippen molar-refractivity contribution in [2.24, 2.45) is 7.05 Å². The fourth-order valence-corrected chi connectivity index (χ4v) is 3.87. The smallest absolute Gasteiger partial charge is 0.253 e. The van der Waals surface area contributed by atoms with Crippen LogP contribution in [0.1, 0.15) is 23.2 Å². The number of hydrogen-bond acceptors (Lipinski definition) is 4. The van der Waals surface area contributed by atoms with Gasteiger partial charge in [0, 0.05) is 33.7 Å². The van der Waals surface area contributed by atoms with Crippen molar-refractivity contribution in [1.29, 1.82) is 0 Å². The zero-order valence-electron chi connectivity index (χ0n) is 14.6. The Bertz CT molecular complexity index is 824. The van der Waals surface area contributed by atoms with E-state index >= 15 is 0 Å². The molecule has 7 nitrogen and oxygen atoms in total. The second-order valence-corrected chi connectivity index (χ2v) is 7.07. The van der Waals surface area contributed by atoms with E-state index in [4.69, 9.17) is 0 Å². The molecular weight excluding hydrogens is 318 g/mol. The van der Waals surface area contributed by atoms with Crippen LogP contribution in [0, 0.1) is 0 Å². The van der Waals surface area contributed by atoms with E-state index in [-0.39, 0.29) is 23.9 Å². The summed E-state index contributed by atoms with van der Waals surface area (Å²) in [4.78, 5) is 33.2. The van der Waals surface area contributed by atoms with Gasteiger partial charge in [0.05, 0.1) is 35.0 Å². The Morgan fingerprint density at radius 1 is 1.28 bits per heavy atom.